The van der Waals surface area contributed by atoms with E-state index in [-0.39, 0.29) is 11.9 Å². The lowest BCUT2D eigenvalue weighted by atomic mass is 10.2. The van der Waals surface area contributed by atoms with E-state index in [0.717, 1.165) is 16.0 Å². The second kappa shape index (κ2) is 5.52. The van der Waals surface area contributed by atoms with Crippen LogP contribution in [0.15, 0.2) is 27.2 Å². The van der Waals surface area contributed by atoms with Crippen LogP contribution in [0, 0.1) is 0 Å². The van der Waals surface area contributed by atoms with Crippen LogP contribution in [0.1, 0.15) is 11.9 Å². The fourth-order valence-electron chi connectivity index (χ4n) is 1.79. The molecule has 1 unspecified atom stereocenters. The van der Waals surface area contributed by atoms with E-state index < -0.39 is 0 Å². The molecule has 3 rings (SSSR count). The van der Waals surface area contributed by atoms with Crippen LogP contribution in [0.5, 0.6) is 5.75 Å². The second-order valence-electron chi connectivity index (χ2n) is 4.05. The smallest absolute Gasteiger partial charge is 0.261 e. The van der Waals surface area contributed by atoms with Gasteiger partial charge >= 0.3 is 0 Å². The lowest BCUT2D eigenvalue weighted by Crippen LogP contribution is -2.16. The van der Waals surface area contributed by atoms with Gasteiger partial charge in [0.05, 0.1) is 12.2 Å². The zero-order valence-corrected chi connectivity index (χ0v) is 12.3. The molecule has 5 nitrogen and oxygen atoms in total. The number of phenolic OH excluding ortho intramolecular Hbond substituents is 1. The number of halogens is 1. The lowest BCUT2D eigenvalue weighted by molar-refractivity contribution is 0.0677. The van der Waals surface area contributed by atoms with Crippen LogP contribution in [0.25, 0.3) is 11.5 Å². The molecule has 0 aliphatic carbocycles. The van der Waals surface area contributed by atoms with Gasteiger partial charge in [-0.25, -0.2) is 0 Å². The van der Waals surface area contributed by atoms with Crippen molar-refractivity contribution < 1.29 is 14.4 Å². The minimum Gasteiger partial charge on any atom is -0.507 e. The fraction of sp³-hybridized carbons (Fsp3) is 0.333. The molecule has 0 saturated carbocycles. The molecule has 1 aromatic heterocycles. The van der Waals surface area contributed by atoms with Crippen molar-refractivity contribution in [1.82, 2.24) is 10.1 Å². The first-order chi connectivity index (χ1) is 9.24. The topological polar surface area (TPSA) is 68.4 Å². The molecule has 0 spiro atoms. The molecule has 0 bridgehead atoms. The van der Waals surface area contributed by atoms with Crippen LogP contribution in [-0.4, -0.2) is 33.4 Å². The van der Waals surface area contributed by atoms with Crippen molar-refractivity contribution >= 4 is 27.7 Å². The summed E-state index contributed by atoms with van der Waals surface area (Å²) in [5.41, 5.74) is 0.511. The van der Waals surface area contributed by atoms with Crippen LogP contribution >= 0.6 is 27.7 Å². The number of aromatic nitrogens is 2. The molecule has 1 aliphatic rings. The van der Waals surface area contributed by atoms with Gasteiger partial charge in [0.2, 0.25) is 5.82 Å². The van der Waals surface area contributed by atoms with Crippen molar-refractivity contribution in [3.05, 3.63) is 28.5 Å². The molecule has 19 heavy (non-hydrogen) atoms. The third kappa shape index (κ3) is 2.77. The fourth-order valence-corrected chi connectivity index (χ4v) is 2.99. The van der Waals surface area contributed by atoms with Crippen molar-refractivity contribution in [3.63, 3.8) is 0 Å². The summed E-state index contributed by atoms with van der Waals surface area (Å²) in [5, 5.41) is 13.8. The second-order valence-corrected chi connectivity index (χ2v) is 6.12. The molecule has 100 valence electrons. The third-order valence-electron chi connectivity index (χ3n) is 2.73. The van der Waals surface area contributed by atoms with Gasteiger partial charge < -0.3 is 14.4 Å². The minimum atomic E-state index is -0.134. The molecule has 2 heterocycles. The van der Waals surface area contributed by atoms with Crippen LogP contribution in [0.4, 0.5) is 0 Å². The highest BCUT2D eigenvalue weighted by Crippen LogP contribution is 2.32. The normalized spacial score (nSPS) is 19.5. The van der Waals surface area contributed by atoms with Gasteiger partial charge in [0.1, 0.15) is 11.9 Å². The predicted octanol–water partition coefficient (Wildman–Crippen LogP) is 3.01. The maximum Gasteiger partial charge on any atom is 0.261 e. The number of ether oxygens (including phenoxy) is 1. The van der Waals surface area contributed by atoms with Gasteiger partial charge in [-0.05, 0) is 18.2 Å². The summed E-state index contributed by atoms with van der Waals surface area (Å²) in [6, 6.07) is 5.07. The Morgan fingerprint density at radius 2 is 2.32 bits per heavy atom. The molecule has 2 aromatic rings. The average molecular weight is 343 g/mol. The molecule has 1 atom stereocenters. The Labute approximate surface area is 122 Å². The highest BCUT2D eigenvalue weighted by Gasteiger charge is 2.23. The average Bonchev–Trinajstić information content (AvgIpc) is 2.92. The predicted molar refractivity (Wildman–Crippen MR) is 75.1 cm³/mol. The van der Waals surface area contributed by atoms with E-state index in [4.69, 9.17) is 9.26 Å². The van der Waals surface area contributed by atoms with Gasteiger partial charge in [-0.1, -0.05) is 21.1 Å². The number of phenols is 1. The van der Waals surface area contributed by atoms with Crippen LogP contribution in [0.2, 0.25) is 0 Å². The Morgan fingerprint density at radius 3 is 3.11 bits per heavy atom. The molecule has 0 amide bonds. The van der Waals surface area contributed by atoms with Gasteiger partial charge in [0.25, 0.3) is 5.89 Å². The van der Waals surface area contributed by atoms with Gasteiger partial charge in [0, 0.05) is 16.0 Å². The number of thioether (sulfide) groups is 1. The highest BCUT2D eigenvalue weighted by atomic mass is 79.9. The SMILES string of the molecule is Oc1ccc(Br)cc1-c1nc(C2CSCCO2)no1. The van der Waals surface area contributed by atoms with E-state index in [2.05, 4.69) is 26.1 Å². The largest absolute Gasteiger partial charge is 0.507 e. The number of rotatable bonds is 2. The number of nitrogens with zero attached hydrogens (tertiary/aromatic N) is 2. The van der Waals surface area contributed by atoms with Crippen LogP contribution < -0.4 is 0 Å². The summed E-state index contributed by atoms with van der Waals surface area (Å²) in [6.07, 6.45) is -0.134. The molecule has 1 N–H and O–H groups in total. The molecule has 1 aromatic carbocycles. The number of hydrogen-bond acceptors (Lipinski definition) is 6. The van der Waals surface area contributed by atoms with Crippen molar-refractivity contribution in [2.75, 3.05) is 18.1 Å². The van der Waals surface area contributed by atoms with Gasteiger partial charge in [0.15, 0.2) is 0 Å². The molecule has 1 saturated heterocycles. The van der Waals surface area contributed by atoms with E-state index in [0.29, 0.717) is 23.9 Å². The summed E-state index contributed by atoms with van der Waals surface area (Å²) in [5.74, 6) is 2.75. The first-order valence-corrected chi connectivity index (χ1v) is 7.70. The summed E-state index contributed by atoms with van der Waals surface area (Å²) in [4.78, 5) is 4.31. The van der Waals surface area contributed by atoms with Crippen LogP contribution in [-0.2, 0) is 4.74 Å². The van der Waals surface area contributed by atoms with Crippen molar-refractivity contribution in [1.29, 1.82) is 0 Å². The summed E-state index contributed by atoms with van der Waals surface area (Å²) in [6.45, 7) is 0.696. The Balaban J connectivity index is 1.89. The van der Waals surface area contributed by atoms with Crippen molar-refractivity contribution in [2.45, 2.75) is 6.10 Å². The van der Waals surface area contributed by atoms with E-state index in [1.165, 1.54) is 0 Å². The third-order valence-corrected chi connectivity index (χ3v) is 4.22. The molecule has 1 fully saturated rings. The Morgan fingerprint density at radius 1 is 1.42 bits per heavy atom. The van der Waals surface area contributed by atoms with Gasteiger partial charge in [-0.2, -0.15) is 16.7 Å². The van der Waals surface area contributed by atoms with Crippen LogP contribution in [0.3, 0.4) is 0 Å². The molecule has 7 heteroatoms. The maximum absolute atomic E-state index is 9.82. The molecular formula is C12H11BrN2O3S. The molecule has 0 radical (unpaired) electrons. The van der Waals surface area contributed by atoms with Gasteiger partial charge in [-0.3, -0.25) is 0 Å². The zero-order valence-electron chi connectivity index (χ0n) is 9.88. The Hall–Kier alpha value is -1.05. The van der Waals surface area contributed by atoms with E-state index in [1.54, 1.807) is 30.0 Å². The first-order valence-electron chi connectivity index (χ1n) is 5.76. The Kier molecular flexibility index (Phi) is 3.76. The van der Waals surface area contributed by atoms with Gasteiger partial charge in [-0.15, -0.1) is 0 Å². The maximum atomic E-state index is 9.82. The van der Waals surface area contributed by atoms with E-state index in [1.807, 2.05) is 0 Å². The van der Waals surface area contributed by atoms with Crippen molar-refractivity contribution in [3.8, 4) is 17.2 Å². The van der Waals surface area contributed by atoms with Crippen molar-refractivity contribution in [2.24, 2.45) is 0 Å². The molecular weight excluding hydrogens is 332 g/mol. The Bertz CT molecular complexity index is 584. The summed E-state index contributed by atoms with van der Waals surface area (Å²) >= 11 is 5.15. The number of benzene rings is 1. The summed E-state index contributed by atoms with van der Waals surface area (Å²) in [7, 11) is 0. The minimum absolute atomic E-state index is 0.109. The first kappa shape index (κ1) is 13.0. The number of hydrogen-bond donors (Lipinski definition) is 1. The molecule has 1 aliphatic heterocycles. The summed E-state index contributed by atoms with van der Waals surface area (Å²) < 4.78 is 11.6. The quantitative estimate of drug-likeness (QED) is 0.904. The monoisotopic (exact) mass is 342 g/mol. The number of aromatic hydroxyl groups is 1. The van der Waals surface area contributed by atoms with E-state index in [9.17, 15) is 5.11 Å². The lowest BCUT2D eigenvalue weighted by Gasteiger charge is -2.18. The zero-order chi connectivity index (χ0) is 13.2. The van der Waals surface area contributed by atoms with E-state index >= 15 is 0 Å². The standard InChI is InChI=1S/C12H11BrN2O3S/c13-7-1-2-9(16)8(5-7)12-14-11(15-18-12)10-6-19-4-3-17-10/h1-2,5,10,16H,3-4,6H2. The highest BCUT2D eigenvalue weighted by molar-refractivity contribution is 9.10.